The van der Waals surface area contributed by atoms with E-state index in [1.165, 1.54) is 15.9 Å². The highest BCUT2D eigenvalue weighted by Crippen LogP contribution is 2.62. The first-order valence-electron chi connectivity index (χ1n) is 11.0. The molecule has 1 aromatic heterocycles. The molecule has 0 radical (unpaired) electrons. The van der Waals surface area contributed by atoms with Gasteiger partial charge in [-0.3, -0.25) is 9.78 Å². The molecule has 1 amide bonds. The van der Waals surface area contributed by atoms with Crippen LogP contribution in [0.2, 0.25) is 0 Å². The van der Waals surface area contributed by atoms with Gasteiger partial charge in [0.25, 0.3) is 5.91 Å². The number of pyridine rings is 1. The Labute approximate surface area is 206 Å². The number of benzene rings is 3. The Morgan fingerprint density at radius 3 is 1.64 bits per heavy atom. The second kappa shape index (κ2) is 10.4. The number of hydrogen-bond donors (Lipinski definition) is 0. The van der Waals surface area contributed by atoms with Crippen LogP contribution >= 0.6 is 7.26 Å². The lowest BCUT2D eigenvalue weighted by Crippen LogP contribution is -3.00. The van der Waals surface area contributed by atoms with Gasteiger partial charge in [0.05, 0.1) is 0 Å². The van der Waals surface area contributed by atoms with Crippen LogP contribution in [0.3, 0.4) is 0 Å². The summed E-state index contributed by atoms with van der Waals surface area (Å²) in [5.74, 6) is 0.256. The molecular formula is C28H26BrN2OP. The molecule has 2 heterocycles. The Kier molecular flexibility index (Phi) is 7.37. The van der Waals surface area contributed by atoms with Gasteiger partial charge in [0.2, 0.25) is 0 Å². The van der Waals surface area contributed by atoms with E-state index in [4.69, 9.17) is 0 Å². The van der Waals surface area contributed by atoms with Crippen LogP contribution in [0, 0.1) is 0 Å². The van der Waals surface area contributed by atoms with Gasteiger partial charge in [-0.25, -0.2) is 0 Å². The van der Waals surface area contributed by atoms with Gasteiger partial charge in [0.1, 0.15) is 23.2 Å². The Morgan fingerprint density at radius 1 is 0.727 bits per heavy atom. The van der Waals surface area contributed by atoms with Gasteiger partial charge in [-0.2, -0.15) is 0 Å². The first-order chi connectivity index (χ1) is 15.8. The van der Waals surface area contributed by atoms with E-state index in [1.54, 1.807) is 12.4 Å². The summed E-state index contributed by atoms with van der Waals surface area (Å²) in [6.07, 6.45) is 4.45. The molecule has 1 saturated heterocycles. The highest BCUT2D eigenvalue weighted by molar-refractivity contribution is 7.96. The third-order valence-corrected chi connectivity index (χ3v) is 11.1. The van der Waals surface area contributed by atoms with E-state index in [2.05, 4.69) is 96.0 Å². The molecule has 3 aromatic carbocycles. The van der Waals surface area contributed by atoms with Gasteiger partial charge in [-0.05, 0) is 54.1 Å². The number of amides is 1. The van der Waals surface area contributed by atoms with Crippen LogP contribution in [0.5, 0.6) is 0 Å². The zero-order valence-corrected chi connectivity index (χ0v) is 20.8. The standard InChI is InChI=1S/C28H26N2OP.BrH/c31-28-27(18-21-30(28)22-23-16-19-29-20-17-23)32(24-10-4-1-5-11-24,25-12-6-2-7-13-25)26-14-8-3-9-15-26;/h1-17,19-20,27H,18,21-22H2;1H/q+1;/p-1. The zero-order valence-electron chi connectivity index (χ0n) is 18.3. The van der Waals surface area contributed by atoms with Crippen molar-refractivity contribution in [2.45, 2.75) is 18.6 Å². The maximum Gasteiger partial charge on any atom is 0.264 e. The zero-order chi connectivity index (χ0) is 21.8. The van der Waals surface area contributed by atoms with Gasteiger partial charge in [-0.1, -0.05) is 54.6 Å². The van der Waals surface area contributed by atoms with Crippen LogP contribution in [-0.2, 0) is 11.3 Å². The van der Waals surface area contributed by atoms with E-state index < -0.39 is 7.26 Å². The summed E-state index contributed by atoms with van der Waals surface area (Å²) in [5.41, 5.74) is 1.05. The average molecular weight is 517 g/mol. The quantitative estimate of drug-likeness (QED) is 0.360. The number of carbonyl (C=O) groups is 1. The Hall–Kier alpha value is -2.81. The highest BCUT2D eigenvalue weighted by Gasteiger charge is 2.58. The average Bonchev–Trinajstić information content (AvgIpc) is 3.22. The minimum atomic E-state index is -2.20. The molecule has 1 aliphatic rings. The number of rotatable bonds is 6. The Balaban J connectivity index is 0.00000259. The van der Waals surface area contributed by atoms with Crippen molar-refractivity contribution in [3.05, 3.63) is 121 Å². The molecule has 1 fully saturated rings. The maximum atomic E-state index is 14.0. The second-order valence-electron chi connectivity index (χ2n) is 8.15. The van der Waals surface area contributed by atoms with E-state index in [0.29, 0.717) is 6.54 Å². The van der Waals surface area contributed by atoms with E-state index in [1.807, 2.05) is 17.0 Å². The van der Waals surface area contributed by atoms with Gasteiger partial charge in [-0.15, -0.1) is 0 Å². The van der Waals surface area contributed by atoms with Crippen molar-refractivity contribution < 1.29 is 21.8 Å². The number of aromatic nitrogens is 1. The lowest BCUT2D eigenvalue weighted by Gasteiger charge is -2.32. The van der Waals surface area contributed by atoms with Crippen molar-refractivity contribution >= 4 is 29.1 Å². The van der Waals surface area contributed by atoms with Gasteiger partial charge in [0.15, 0.2) is 5.66 Å². The van der Waals surface area contributed by atoms with Crippen LogP contribution in [0.4, 0.5) is 0 Å². The minimum absolute atomic E-state index is 0. The molecule has 0 N–H and O–H groups in total. The van der Waals surface area contributed by atoms with E-state index in [0.717, 1.165) is 18.5 Å². The minimum Gasteiger partial charge on any atom is -1.00 e. The summed E-state index contributed by atoms with van der Waals surface area (Å²) in [6.45, 7) is 1.41. The first kappa shape index (κ1) is 23.4. The summed E-state index contributed by atoms with van der Waals surface area (Å²) in [7, 11) is -2.20. The lowest BCUT2D eigenvalue weighted by atomic mass is 10.2. The van der Waals surface area contributed by atoms with Crippen molar-refractivity contribution in [3.63, 3.8) is 0 Å². The van der Waals surface area contributed by atoms with E-state index in [-0.39, 0.29) is 28.5 Å². The molecule has 0 aliphatic carbocycles. The van der Waals surface area contributed by atoms with Crippen LogP contribution in [0.25, 0.3) is 0 Å². The molecule has 33 heavy (non-hydrogen) atoms. The largest absolute Gasteiger partial charge is 1.00 e. The summed E-state index contributed by atoms with van der Waals surface area (Å²) in [5, 5.41) is 3.80. The van der Waals surface area contributed by atoms with Crippen LogP contribution in [0.15, 0.2) is 116 Å². The predicted molar refractivity (Wildman–Crippen MR) is 133 cm³/mol. The SMILES string of the molecule is O=C1C([P+](c2ccccc2)(c2ccccc2)c2ccccc2)CCN1Cc1ccncc1.[Br-]. The first-order valence-corrected chi connectivity index (χ1v) is 12.9. The number of hydrogen-bond acceptors (Lipinski definition) is 2. The fourth-order valence-corrected chi connectivity index (χ4v) is 9.82. The predicted octanol–water partition coefficient (Wildman–Crippen LogP) is 1.18. The summed E-state index contributed by atoms with van der Waals surface area (Å²) in [4.78, 5) is 20.2. The molecule has 166 valence electrons. The van der Waals surface area contributed by atoms with Crippen molar-refractivity contribution in [3.8, 4) is 0 Å². The van der Waals surface area contributed by atoms with Gasteiger partial charge < -0.3 is 21.9 Å². The molecule has 4 aromatic rings. The van der Waals surface area contributed by atoms with Crippen molar-refractivity contribution in [1.29, 1.82) is 0 Å². The van der Waals surface area contributed by atoms with Crippen molar-refractivity contribution in [2.75, 3.05) is 6.54 Å². The Bertz CT molecular complexity index is 1080. The van der Waals surface area contributed by atoms with Crippen LogP contribution in [-0.4, -0.2) is 28.0 Å². The van der Waals surface area contributed by atoms with E-state index in [9.17, 15) is 4.79 Å². The molecule has 1 aliphatic heterocycles. The van der Waals surface area contributed by atoms with Crippen molar-refractivity contribution in [2.24, 2.45) is 0 Å². The summed E-state index contributed by atoms with van der Waals surface area (Å²) >= 11 is 0. The lowest BCUT2D eigenvalue weighted by molar-refractivity contribution is -0.127. The van der Waals surface area contributed by atoms with Crippen LogP contribution < -0.4 is 32.9 Å². The van der Waals surface area contributed by atoms with Gasteiger partial charge in [0, 0.05) is 31.9 Å². The highest BCUT2D eigenvalue weighted by atomic mass is 79.9. The number of likely N-dealkylation sites (tertiary alicyclic amines) is 1. The third kappa shape index (κ3) is 4.38. The molecule has 1 unspecified atom stereocenters. The number of halogens is 1. The molecule has 0 saturated carbocycles. The maximum absolute atomic E-state index is 14.0. The fraction of sp³-hybridized carbons (Fsp3) is 0.143. The summed E-state index contributed by atoms with van der Waals surface area (Å²) in [6, 6.07) is 36.1. The molecule has 3 nitrogen and oxygen atoms in total. The molecule has 1 atom stereocenters. The van der Waals surface area contributed by atoms with Crippen molar-refractivity contribution in [1.82, 2.24) is 9.88 Å². The van der Waals surface area contributed by atoms with E-state index >= 15 is 0 Å². The second-order valence-corrected chi connectivity index (χ2v) is 11.8. The third-order valence-electron chi connectivity index (χ3n) is 6.35. The normalized spacial score (nSPS) is 15.8. The Morgan fingerprint density at radius 2 is 1.18 bits per heavy atom. The topological polar surface area (TPSA) is 33.2 Å². The smallest absolute Gasteiger partial charge is 0.264 e. The monoisotopic (exact) mass is 516 g/mol. The fourth-order valence-electron chi connectivity index (χ4n) is 4.92. The summed E-state index contributed by atoms with van der Waals surface area (Å²) < 4.78 is 0. The number of nitrogens with zero attached hydrogens (tertiary/aromatic N) is 2. The number of carbonyl (C=O) groups excluding carboxylic acids is 1. The molecule has 5 heteroatoms. The molecule has 0 bridgehead atoms. The van der Waals surface area contributed by atoms with Gasteiger partial charge >= 0.3 is 0 Å². The molecule has 0 spiro atoms. The van der Waals surface area contributed by atoms with Crippen LogP contribution in [0.1, 0.15) is 12.0 Å². The molecule has 5 rings (SSSR count). The molecular weight excluding hydrogens is 491 g/mol.